The highest BCUT2D eigenvalue weighted by Gasteiger charge is 2.15. The Labute approximate surface area is 181 Å². The normalized spacial score (nSPS) is 11.8. The van der Waals surface area contributed by atoms with Gasteiger partial charge < -0.3 is 10.1 Å². The second-order valence-electron chi connectivity index (χ2n) is 7.20. The van der Waals surface area contributed by atoms with Gasteiger partial charge in [0.15, 0.2) is 6.73 Å². The third-order valence-electron chi connectivity index (χ3n) is 4.97. The molecule has 7 nitrogen and oxygen atoms in total. The number of nitrogens with zero attached hydrogens (tertiary/aromatic N) is 4. The van der Waals surface area contributed by atoms with Gasteiger partial charge in [0.05, 0.1) is 11.7 Å². The van der Waals surface area contributed by atoms with Crippen molar-refractivity contribution in [1.82, 2.24) is 24.9 Å². The Kier molecular flexibility index (Phi) is 6.12. The number of rotatable bonds is 8. The molecule has 4 aromatic rings. The zero-order chi connectivity index (χ0) is 21.6. The van der Waals surface area contributed by atoms with E-state index in [0.717, 1.165) is 29.1 Å². The minimum Gasteiger partial charge on any atom is -0.471 e. The molecule has 2 aromatic carbocycles. The molecule has 0 aliphatic rings. The predicted octanol–water partition coefficient (Wildman–Crippen LogP) is 4.29. The fraction of sp³-hybridized carbons (Fsp3) is 0.208. The summed E-state index contributed by atoms with van der Waals surface area (Å²) in [6.07, 6.45) is 3.63. The van der Waals surface area contributed by atoms with Gasteiger partial charge >= 0.3 is 0 Å². The average molecular weight is 415 g/mol. The number of carbonyl (C=O) groups excluding carboxylic acids is 1. The first-order valence-electron chi connectivity index (χ1n) is 10.3. The van der Waals surface area contributed by atoms with Crippen LogP contribution in [0.15, 0.2) is 79.1 Å². The Morgan fingerprint density at radius 2 is 1.65 bits per heavy atom. The maximum atomic E-state index is 12.5. The number of amides is 1. The highest BCUT2D eigenvalue weighted by molar-refractivity contribution is 5.92. The van der Waals surface area contributed by atoms with Crippen molar-refractivity contribution < 1.29 is 9.53 Å². The molecule has 2 aromatic heterocycles. The smallest absolute Gasteiger partial charge is 0.272 e. The molecular weight excluding hydrogens is 390 g/mol. The third-order valence-corrected chi connectivity index (χ3v) is 4.97. The van der Waals surface area contributed by atoms with Crippen molar-refractivity contribution in [1.29, 1.82) is 0 Å². The van der Waals surface area contributed by atoms with Gasteiger partial charge in [-0.05, 0) is 49.2 Å². The van der Waals surface area contributed by atoms with Gasteiger partial charge in [0.2, 0.25) is 0 Å². The van der Waals surface area contributed by atoms with Crippen molar-refractivity contribution in [2.75, 3.05) is 0 Å². The number of nitrogens with one attached hydrogen (secondary N) is 1. The van der Waals surface area contributed by atoms with E-state index in [0.29, 0.717) is 5.69 Å². The Bertz CT molecular complexity index is 1130. The summed E-state index contributed by atoms with van der Waals surface area (Å²) in [5, 5.41) is 11.7. The van der Waals surface area contributed by atoms with Crippen LogP contribution in [0.3, 0.4) is 0 Å². The molecule has 1 N–H and O–H groups in total. The molecule has 7 heteroatoms. The SMILES string of the molecule is CCn1ccc(C(C)NC(=O)c2ccn(COc3ccc(-c4ccccc4)cc3)n2)n1. The topological polar surface area (TPSA) is 74.0 Å². The van der Waals surface area contributed by atoms with Crippen LogP contribution >= 0.6 is 0 Å². The van der Waals surface area contributed by atoms with Crippen LogP contribution in [0.25, 0.3) is 11.1 Å². The number of ether oxygens (including phenoxy) is 1. The largest absolute Gasteiger partial charge is 0.471 e. The fourth-order valence-corrected chi connectivity index (χ4v) is 3.20. The van der Waals surface area contributed by atoms with Gasteiger partial charge in [-0.15, -0.1) is 0 Å². The predicted molar refractivity (Wildman–Crippen MR) is 119 cm³/mol. The van der Waals surface area contributed by atoms with Gasteiger partial charge in [0, 0.05) is 18.9 Å². The van der Waals surface area contributed by atoms with E-state index in [2.05, 4.69) is 27.6 Å². The number of hydrogen-bond donors (Lipinski definition) is 1. The Hall–Kier alpha value is -3.87. The highest BCUT2D eigenvalue weighted by atomic mass is 16.5. The minimum absolute atomic E-state index is 0.204. The molecular formula is C24H25N5O2. The molecule has 0 bridgehead atoms. The van der Waals surface area contributed by atoms with Crippen LogP contribution in [-0.4, -0.2) is 25.5 Å². The number of benzene rings is 2. The lowest BCUT2D eigenvalue weighted by Gasteiger charge is -2.10. The van der Waals surface area contributed by atoms with Crippen LogP contribution < -0.4 is 10.1 Å². The van der Waals surface area contributed by atoms with Crippen molar-refractivity contribution >= 4 is 5.91 Å². The first kappa shape index (κ1) is 20.4. The van der Waals surface area contributed by atoms with Gasteiger partial charge in [-0.3, -0.25) is 9.48 Å². The number of aromatic nitrogens is 4. The van der Waals surface area contributed by atoms with Crippen LogP contribution in [-0.2, 0) is 13.3 Å². The molecule has 0 saturated carbocycles. The monoisotopic (exact) mass is 415 g/mol. The number of aryl methyl sites for hydroxylation is 1. The Morgan fingerprint density at radius 3 is 2.35 bits per heavy atom. The molecule has 4 rings (SSSR count). The van der Waals surface area contributed by atoms with Gasteiger partial charge in [-0.2, -0.15) is 10.2 Å². The third kappa shape index (κ3) is 5.01. The van der Waals surface area contributed by atoms with Crippen LogP contribution in [0.5, 0.6) is 5.75 Å². The van der Waals surface area contributed by atoms with Gasteiger partial charge in [0.25, 0.3) is 5.91 Å². The first-order chi connectivity index (χ1) is 15.1. The molecule has 0 fully saturated rings. The number of hydrogen-bond acceptors (Lipinski definition) is 4. The molecule has 158 valence electrons. The molecule has 1 atom stereocenters. The summed E-state index contributed by atoms with van der Waals surface area (Å²) in [4.78, 5) is 12.5. The van der Waals surface area contributed by atoms with E-state index in [9.17, 15) is 4.79 Å². The molecule has 1 amide bonds. The maximum absolute atomic E-state index is 12.5. The number of carbonyl (C=O) groups is 1. The van der Waals surface area contributed by atoms with Crippen LogP contribution in [0.1, 0.15) is 36.1 Å². The zero-order valence-corrected chi connectivity index (χ0v) is 17.6. The average Bonchev–Trinajstić information content (AvgIpc) is 3.48. The molecule has 31 heavy (non-hydrogen) atoms. The summed E-state index contributed by atoms with van der Waals surface area (Å²) in [6, 6.07) is 21.5. The maximum Gasteiger partial charge on any atom is 0.272 e. The van der Waals surface area contributed by atoms with E-state index in [1.165, 1.54) is 0 Å². The van der Waals surface area contributed by atoms with Gasteiger partial charge in [-0.1, -0.05) is 42.5 Å². The standard InChI is InChI=1S/C24H25N5O2/c1-3-28-15-13-22(26-28)18(2)25-24(30)23-14-16-29(27-23)17-31-21-11-9-20(10-12-21)19-7-5-4-6-8-19/h4-16,18H,3,17H2,1-2H3,(H,25,30). The molecule has 1 unspecified atom stereocenters. The first-order valence-corrected chi connectivity index (χ1v) is 10.3. The quantitative estimate of drug-likeness (QED) is 0.466. The van der Waals surface area contributed by atoms with Crippen molar-refractivity contribution in [3.8, 4) is 16.9 Å². The van der Waals surface area contributed by atoms with Gasteiger partial charge in [0.1, 0.15) is 11.4 Å². The lowest BCUT2D eigenvalue weighted by molar-refractivity contribution is 0.0932. The summed E-state index contributed by atoms with van der Waals surface area (Å²) in [6.45, 7) is 4.93. The second kappa shape index (κ2) is 9.30. The summed E-state index contributed by atoms with van der Waals surface area (Å²) in [5.74, 6) is 0.492. The van der Waals surface area contributed by atoms with Crippen molar-refractivity contribution in [3.63, 3.8) is 0 Å². The summed E-state index contributed by atoms with van der Waals surface area (Å²) < 4.78 is 9.22. The van der Waals surface area contributed by atoms with Crippen molar-refractivity contribution in [3.05, 3.63) is 90.5 Å². The highest BCUT2D eigenvalue weighted by Crippen LogP contribution is 2.22. The van der Waals surface area contributed by atoms with Crippen LogP contribution in [0, 0.1) is 0 Å². The Morgan fingerprint density at radius 1 is 0.935 bits per heavy atom. The van der Waals surface area contributed by atoms with Gasteiger partial charge in [-0.25, -0.2) is 4.68 Å². The summed E-state index contributed by atoms with van der Waals surface area (Å²) in [5.41, 5.74) is 3.44. The van der Waals surface area contributed by atoms with E-state index in [1.54, 1.807) is 16.9 Å². The summed E-state index contributed by atoms with van der Waals surface area (Å²) in [7, 11) is 0. The second-order valence-corrected chi connectivity index (χ2v) is 7.20. The van der Waals surface area contributed by atoms with E-state index in [4.69, 9.17) is 4.74 Å². The molecule has 0 aliphatic carbocycles. The molecule has 2 heterocycles. The lowest BCUT2D eigenvalue weighted by Crippen LogP contribution is -2.27. The van der Waals surface area contributed by atoms with Crippen molar-refractivity contribution in [2.45, 2.75) is 33.2 Å². The molecule has 0 radical (unpaired) electrons. The van der Waals surface area contributed by atoms with E-state index < -0.39 is 0 Å². The minimum atomic E-state index is -0.246. The van der Waals surface area contributed by atoms with Crippen LogP contribution in [0.4, 0.5) is 0 Å². The lowest BCUT2D eigenvalue weighted by atomic mass is 10.1. The Balaban J connectivity index is 1.32. The van der Waals surface area contributed by atoms with E-state index in [1.807, 2.05) is 73.3 Å². The zero-order valence-electron chi connectivity index (χ0n) is 17.6. The van der Waals surface area contributed by atoms with Crippen LogP contribution in [0.2, 0.25) is 0 Å². The van der Waals surface area contributed by atoms with Crippen molar-refractivity contribution in [2.24, 2.45) is 0 Å². The molecule has 0 spiro atoms. The fourth-order valence-electron chi connectivity index (χ4n) is 3.20. The molecule has 0 saturated heterocycles. The molecule has 0 aliphatic heterocycles. The summed E-state index contributed by atoms with van der Waals surface area (Å²) >= 11 is 0. The van der Waals surface area contributed by atoms with E-state index in [-0.39, 0.29) is 18.7 Å². The van der Waals surface area contributed by atoms with E-state index >= 15 is 0 Å².